The third-order valence-corrected chi connectivity index (χ3v) is 3.57. The summed E-state index contributed by atoms with van der Waals surface area (Å²) >= 11 is 3.33. The second-order valence-corrected chi connectivity index (χ2v) is 5.92. The number of benzene rings is 2. The van der Waals surface area contributed by atoms with Gasteiger partial charge < -0.3 is 10.1 Å². The van der Waals surface area contributed by atoms with Gasteiger partial charge in [-0.2, -0.15) is 0 Å². The minimum absolute atomic E-state index is 0.348. The first-order chi connectivity index (χ1) is 11.4. The first-order valence-corrected chi connectivity index (χ1v) is 7.90. The largest absolute Gasteiger partial charge is 0.452 e. The van der Waals surface area contributed by atoms with Gasteiger partial charge in [-0.3, -0.25) is 4.79 Å². The molecule has 2 aromatic rings. The number of carbonyl (C=O) groups excluding carboxylic acids is 2. The Hall–Kier alpha value is -2.47. The molecule has 0 aliphatic carbocycles. The molecule has 0 heterocycles. The highest BCUT2D eigenvalue weighted by Gasteiger charge is 2.08. The van der Waals surface area contributed by atoms with E-state index in [9.17, 15) is 14.0 Å². The molecule has 4 nitrogen and oxygen atoms in total. The highest BCUT2D eigenvalue weighted by molar-refractivity contribution is 9.10. The van der Waals surface area contributed by atoms with Gasteiger partial charge in [-0.05, 0) is 48.4 Å². The maximum atomic E-state index is 13.2. The van der Waals surface area contributed by atoms with E-state index in [-0.39, 0.29) is 0 Å². The van der Waals surface area contributed by atoms with E-state index in [4.69, 9.17) is 4.74 Å². The van der Waals surface area contributed by atoms with Crippen molar-refractivity contribution < 1.29 is 18.7 Å². The summed E-state index contributed by atoms with van der Waals surface area (Å²) in [6, 6.07) is 11.4. The standard InChI is InChI=1S/C18H15BrFNO3/c1-12-5-7-15(20)10-16(12)21-17(22)11-24-18(23)8-6-13-3-2-4-14(19)9-13/h2-10H,11H2,1H3,(H,21,22)/b8-6+. The van der Waals surface area contributed by atoms with Crippen LogP contribution in [0.3, 0.4) is 0 Å². The molecule has 6 heteroatoms. The topological polar surface area (TPSA) is 55.4 Å². The number of rotatable bonds is 5. The van der Waals surface area contributed by atoms with Crippen molar-refractivity contribution in [3.05, 3.63) is 70.0 Å². The van der Waals surface area contributed by atoms with E-state index < -0.39 is 24.3 Å². The lowest BCUT2D eigenvalue weighted by Gasteiger charge is -2.08. The zero-order valence-electron chi connectivity index (χ0n) is 12.9. The third kappa shape index (κ3) is 5.62. The summed E-state index contributed by atoms with van der Waals surface area (Å²) in [5, 5.41) is 2.50. The smallest absolute Gasteiger partial charge is 0.331 e. The Balaban J connectivity index is 1.85. The molecule has 0 fully saturated rings. The van der Waals surface area contributed by atoms with Crippen LogP contribution in [-0.4, -0.2) is 18.5 Å². The van der Waals surface area contributed by atoms with Gasteiger partial charge >= 0.3 is 5.97 Å². The van der Waals surface area contributed by atoms with E-state index in [1.807, 2.05) is 24.3 Å². The minimum atomic E-state index is -0.638. The van der Waals surface area contributed by atoms with Crippen LogP contribution in [0.15, 0.2) is 53.0 Å². The number of halogens is 2. The highest BCUT2D eigenvalue weighted by Crippen LogP contribution is 2.16. The zero-order valence-corrected chi connectivity index (χ0v) is 14.5. The van der Waals surface area contributed by atoms with Gasteiger partial charge in [0.25, 0.3) is 5.91 Å². The normalized spacial score (nSPS) is 10.6. The number of anilines is 1. The van der Waals surface area contributed by atoms with Crippen LogP contribution in [0.5, 0.6) is 0 Å². The van der Waals surface area contributed by atoms with Crippen LogP contribution in [0.2, 0.25) is 0 Å². The molecular formula is C18H15BrFNO3. The number of esters is 1. The zero-order chi connectivity index (χ0) is 17.5. The SMILES string of the molecule is Cc1ccc(F)cc1NC(=O)COC(=O)/C=C/c1cccc(Br)c1. The molecule has 0 unspecified atom stereocenters. The van der Waals surface area contributed by atoms with Gasteiger partial charge in [0.15, 0.2) is 6.61 Å². The first-order valence-electron chi connectivity index (χ1n) is 7.10. The second-order valence-electron chi connectivity index (χ2n) is 5.00. The summed E-state index contributed by atoms with van der Waals surface area (Å²) in [5.74, 6) is -1.63. The molecule has 2 aromatic carbocycles. The molecule has 0 spiro atoms. The Kier molecular flexibility index (Phi) is 6.26. The van der Waals surface area contributed by atoms with Crippen molar-refractivity contribution in [2.75, 3.05) is 11.9 Å². The number of ether oxygens (including phenoxy) is 1. The fourth-order valence-corrected chi connectivity index (χ4v) is 2.29. The molecule has 0 saturated carbocycles. The van der Waals surface area contributed by atoms with Crippen LogP contribution < -0.4 is 5.32 Å². The quantitative estimate of drug-likeness (QED) is 0.616. The lowest BCUT2D eigenvalue weighted by molar-refractivity contribution is -0.142. The van der Waals surface area contributed by atoms with Crippen molar-refractivity contribution in [1.29, 1.82) is 0 Å². The lowest BCUT2D eigenvalue weighted by Crippen LogP contribution is -2.20. The Morgan fingerprint density at radius 3 is 2.79 bits per heavy atom. The summed E-state index contributed by atoms with van der Waals surface area (Å²) < 4.78 is 18.9. The molecule has 0 aliphatic rings. The van der Waals surface area contributed by atoms with E-state index in [2.05, 4.69) is 21.2 Å². The Bertz CT molecular complexity index is 790. The van der Waals surface area contributed by atoms with Crippen molar-refractivity contribution in [1.82, 2.24) is 0 Å². The van der Waals surface area contributed by atoms with E-state index in [0.29, 0.717) is 11.3 Å². The number of carbonyl (C=O) groups is 2. The fourth-order valence-electron chi connectivity index (χ4n) is 1.87. The molecule has 1 amide bonds. The molecule has 0 aromatic heterocycles. The predicted molar refractivity (Wildman–Crippen MR) is 93.9 cm³/mol. The fraction of sp³-hybridized carbons (Fsp3) is 0.111. The van der Waals surface area contributed by atoms with Crippen molar-refractivity contribution in [3.63, 3.8) is 0 Å². The molecule has 1 N–H and O–H groups in total. The lowest BCUT2D eigenvalue weighted by atomic mass is 10.2. The van der Waals surface area contributed by atoms with Gasteiger partial charge in [-0.1, -0.05) is 34.1 Å². The van der Waals surface area contributed by atoms with Crippen LogP contribution in [0.1, 0.15) is 11.1 Å². The van der Waals surface area contributed by atoms with Crippen LogP contribution in [0, 0.1) is 12.7 Å². The maximum Gasteiger partial charge on any atom is 0.331 e. The van der Waals surface area contributed by atoms with Gasteiger partial charge in [0.05, 0.1) is 0 Å². The van der Waals surface area contributed by atoms with Gasteiger partial charge in [0.2, 0.25) is 0 Å². The maximum absolute atomic E-state index is 13.2. The first kappa shape index (κ1) is 17.9. The monoisotopic (exact) mass is 391 g/mol. The summed E-state index contributed by atoms with van der Waals surface area (Å²) in [5.41, 5.74) is 1.88. The van der Waals surface area contributed by atoms with Crippen LogP contribution in [0.25, 0.3) is 6.08 Å². The van der Waals surface area contributed by atoms with Gasteiger partial charge in [0, 0.05) is 16.2 Å². The summed E-state index contributed by atoms with van der Waals surface area (Å²) in [6.07, 6.45) is 2.82. The van der Waals surface area contributed by atoms with Gasteiger partial charge in [0.1, 0.15) is 5.82 Å². The Labute approximate surface area is 147 Å². The summed E-state index contributed by atoms with van der Waals surface area (Å²) in [6.45, 7) is 1.29. The van der Waals surface area contributed by atoms with Crippen molar-refractivity contribution >= 4 is 39.6 Å². The van der Waals surface area contributed by atoms with Gasteiger partial charge in [-0.15, -0.1) is 0 Å². The number of nitrogens with one attached hydrogen (secondary N) is 1. The number of hydrogen-bond donors (Lipinski definition) is 1. The van der Waals surface area contributed by atoms with E-state index in [1.54, 1.807) is 19.1 Å². The van der Waals surface area contributed by atoms with E-state index in [0.717, 1.165) is 10.0 Å². The van der Waals surface area contributed by atoms with Crippen LogP contribution in [0.4, 0.5) is 10.1 Å². The molecule has 0 aliphatic heterocycles. The van der Waals surface area contributed by atoms with Crippen molar-refractivity contribution in [3.8, 4) is 0 Å². The van der Waals surface area contributed by atoms with Crippen LogP contribution >= 0.6 is 15.9 Å². The third-order valence-electron chi connectivity index (χ3n) is 3.08. The van der Waals surface area contributed by atoms with E-state index >= 15 is 0 Å². The van der Waals surface area contributed by atoms with E-state index in [1.165, 1.54) is 18.2 Å². The van der Waals surface area contributed by atoms with Crippen molar-refractivity contribution in [2.24, 2.45) is 0 Å². The summed E-state index contributed by atoms with van der Waals surface area (Å²) in [4.78, 5) is 23.4. The molecule has 124 valence electrons. The molecule has 0 atom stereocenters. The van der Waals surface area contributed by atoms with Crippen LogP contribution in [-0.2, 0) is 14.3 Å². The Morgan fingerprint density at radius 1 is 1.25 bits per heavy atom. The molecule has 0 saturated heterocycles. The second kappa shape index (κ2) is 8.40. The number of amides is 1. The number of aryl methyl sites for hydroxylation is 1. The molecule has 24 heavy (non-hydrogen) atoms. The molecular weight excluding hydrogens is 377 g/mol. The predicted octanol–water partition coefficient (Wildman–Crippen LogP) is 4.09. The summed E-state index contributed by atoms with van der Waals surface area (Å²) in [7, 11) is 0. The average molecular weight is 392 g/mol. The molecule has 0 radical (unpaired) electrons. The Morgan fingerprint density at radius 2 is 2.04 bits per heavy atom. The highest BCUT2D eigenvalue weighted by atomic mass is 79.9. The van der Waals surface area contributed by atoms with Gasteiger partial charge in [-0.25, -0.2) is 9.18 Å². The van der Waals surface area contributed by atoms with Crippen molar-refractivity contribution in [2.45, 2.75) is 6.92 Å². The molecule has 0 bridgehead atoms. The minimum Gasteiger partial charge on any atom is -0.452 e. The molecule has 2 rings (SSSR count). The average Bonchev–Trinajstić information content (AvgIpc) is 2.54. The number of hydrogen-bond acceptors (Lipinski definition) is 3.